The highest BCUT2D eigenvalue weighted by Gasteiger charge is 2.20. The van der Waals surface area contributed by atoms with Crippen molar-refractivity contribution >= 4 is 40.6 Å². The van der Waals surface area contributed by atoms with Gasteiger partial charge in [0.1, 0.15) is 11.0 Å². The molecule has 0 radical (unpaired) electrons. The molecule has 1 N–H and O–H groups in total. The van der Waals surface area contributed by atoms with Gasteiger partial charge >= 0.3 is 0 Å². The zero-order valence-electron chi connectivity index (χ0n) is 12.0. The predicted octanol–water partition coefficient (Wildman–Crippen LogP) is 5.87. The van der Waals surface area contributed by atoms with Crippen molar-refractivity contribution in [2.75, 3.05) is 5.32 Å². The first-order chi connectivity index (χ1) is 9.87. The van der Waals surface area contributed by atoms with Gasteiger partial charge in [-0.05, 0) is 38.3 Å². The van der Waals surface area contributed by atoms with E-state index in [0.29, 0.717) is 15.9 Å². The molecule has 1 heterocycles. The molecular formula is C16H17Cl3N2. The van der Waals surface area contributed by atoms with Crippen LogP contribution in [0.25, 0.3) is 0 Å². The number of halogens is 3. The minimum Gasteiger partial charge on any atom is -0.364 e. The Kier molecular flexibility index (Phi) is 5.37. The van der Waals surface area contributed by atoms with Gasteiger partial charge in [0, 0.05) is 5.54 Å². The van der Waals surface area contributed by atoms with Crippen LogP contribution in [-0.2, 0) is 6.42 Å². The average Bonchev–Trinajstić information content (AvgIpc) is 2.44. The standard InChI is InChI=1S/C16H17Cl3N2/c1-16(2,9-8-11-6-4-3-5-7-11)21-15-13(18)10-12(17)14(19)20-15/h3-7,10H,8-9H2,1-2H3,(H,20,21). The SMILES string of the molecule is CC(C)(CCc1ccccc1)Nc1nc(Cl)c(Cl)cc1Cl. The second-order valence-corrected chi connectivity index (χ2v) is 6.76. The van der Waals surface area contributed by atoms with E-state index in [-0.39, 0.29) is 10.7 Å². The van der Waals surface area contributed by atoms with Crippen LogP contribution in [0.2, 0.25) is 15.2 Å². The van der Waals surface area contributed by atoms with Crippen molar-refractivity contribution in [1.82, 2.24) is 4.98 Å². The summed E-state index contributed by atoms with van der Waals surface area (Å²) >= 11 is 18.0. The molecule has 0 unspecified atom stereocenters. The Morgan fingerprint density at radius 1 is 1.05 bits per heavy atom. The summed E-state index contributed by atoms with van der Waals surface area (Å²) in [6.45, 7) is 4.22. The zero-order valence-corrected chi connectivity index (χ0v) is 14.2. The van der Waals surface area contributed by atoms with E-state index in [4.69, 9.17) is 34.8 Å². The molecule has 2 aromatic rings. The molecule has 0 aliphatic carbocycles. The molecule has 5 heteroatoms. The molecule has 112 valence electrons. The minimum atomic E-state index is -0.163. The minimum absolute atomic E-state index is 0.163. The van der Waals surface area contributed by atoms with Gasteiger partial charge in [-0.25, -0.2) is 4.98 Å². The van der Waals surface area contributed by atoms with Crippen molar-refractivity contribution in [1.29, 1.82) is 0 Å². The van der Waals surface area contributed by atoms with Crippen LogP contribution in [0, 0.1) is 0 Å². The van der Waals surface area contributed by atoms with E-state index in [1.165, 1.54) is 5.56 Å². The van der Waals surface area contributed by atoms with Crippen LogP contribution < -0.4 is 5.32 Å². The smallest absolute Gasteiger partial charge is 0.150 e. The maximum atomic E-state index is 6.16. The third kappa shape index (κ3) is 4.77. The molecule has 0 bridgehead atoms. The van der Waals surface area contributed by atoms with Gasteiger partial charge in [0.25, 0.3) is 0 Å². The van der Waals surface area contributed by atoms with Gasteiger partial charge in [0.2, 0.25) is 0 Å². The zero-order chi connectivity index (χ0) is 15.5. The van der Waals surface area contributed by atoms with Gasteiger partial charge in [-0.3, -0.25) is 0 Å². The number of aryl methyl sites for hydroxylation is 1. The van der Waals surface area contributed by atoms with E-state index in [1.54, 1.807) is 6.07 Å². The molecule has 0 aliphatic heterocycles. The van der Waals surface area contributed by atoms with E-state index in [9.17, 15) is 0 Å². The molecule has 1 aromatic carbocycles. The van der Waals surface area contributed by atoms with Gasteiger partial charge in [-0.15, -0.1) is 0 Å². The van der Waals surface area contributed by atoms with Crippen LogP contribution in [0.3, 0.4) is 0 Å². The second-order valence-electron chi connectivity index (χ2n) is 5.59. The molecule has 0 aliphatic rings. The van der Waals surface area contributed by atoms with E-state index in [1.807, 2.05) is 18.2 Å². The number of hydrogen-bond acceptors (Lipinski definition) is 2. The normalized spacial score (nSPS) is 11.5. The average molecular weight is 344 g/mol. The molecule has 0 amide bonds. The van der Waals surface area contributed by atoms with Gasteiger partial charge in [0.15, 0.2) is 0 Å². The number of nitrogens with one attached hydrogen (secondary N) is 1. The first-order valence-corrected chi connectivity index (χ1v) is 7.84. The lowest BCUT2D eigenvalue weighted by Gasteiger charge is -2.27. The molecule has 2 rings (SSSR count). The summed E-state index contributed by atoms with van der Waals surface area (Å²) in [4.78, 5) is 4.20. The Morgan fingerprint density at radius 2 is 1.71 bits per heavy atom. The lowest BCUT2D eigenvalue weighted by atomic mass is 9.95. The Balaban J connectivity index is 2.05. The summed E-state index contributed by atoms with van der Waals surface area (Å²) in [6, 6.07) is 12.0. The van der Waals surface area contributed by atoms with Crippen LogP contribution >= 0.6 is 34.8 Å². The van der Waals surface area contributed by atoms with Crippen molar-refractivity contribution in [3.05, 3.63) is 57.2 Å². The number of rotatable bonds is 5. The first kappa shape index (κ1) is 16.4. The molecular weight excluding hydrogens is 327 g/mol. The van der Waals surface area contributed by atoms with Crippen molar-refractivity contribution in [3.8, 4) is 0 Å². The fourth-order valence-corrected chi connectivity index (χ4v) is 2.56. The lowest BCUT2D eigenvalue weighted by molar-refractivity contribution is 0.516. The van der Waals surface area contributed by atoms with E-state index in [2.05, 4.69) is 36.3 Å². The van der Waals surface area contributed by atoms with Gasteiger partial charge in [-0.1, -0.05) is 65.1 Å². The Hall–Kier alpha value is -0.960. The van der Waals surface area contributed by atoms with Crippen LogP contribution in [0.4, 0.5) is 5.82 Å². The monoisotopic (exact) mass is 342 g/mol. The van der Waals surface area contributed by atoms with Crippen molar-refractivity contribution in [3.63, 3.8) is 0 Å². The molecule has 0 spiro atoms. The number of benzene rings is 1. The highest BCUT2D eigenvalue weighted by molar-refractivity contribution is 6.42. The Labute approximate surface area is 140 Å². The number of anilines is 1. The fourth-order valence-electron chi connectivity index (χ4n) is 2.02. The van der Waals surface area contributed by atoms with Crippen LogP contribution in [-0.4, -0.2) is 10.5 Å². The van der Waals surface area contributed by atoms with E-state index in [0.717, 1.165) is 12.8 Å². The van der Waals surface area contributed by atoms with E-state index < -0.39 is 0 Å². The molecule has 0 saturated carbocycles. The molecule has 1 aromatic heterocycles. The summed E-state index contributed by atoms with van der Waals surface area (Å²) in [6.07, 6.45) is 1.91. The number of hydrogen-bond donors (Lipinski definition) is 1. The largest absolute Gasteiger partial charge is 0.364 e. The maximum Gasteiger partial charge on any atom is 0.150 e. The van der Waals surface area contributed by atoms with Crippen molar-refractivity contribution in [2.24, 2.45) is 0 Å². The summed E-state index contributed by atoms with van der Waals surface area (Å²) in [5.41, 5.74) is 1.14. The topological polar surface area (TPSA) is 24.9 Å². The van der Waals surface area contributed by atoms with Crippen LogP contribution in [0.1, 0.15) is 25.8 Å². The molecule has 2 nitrogen and oxygen atoms in total. The summed E-state index contributed by atoms with van der Waals surface area (Å²) in [5, 5.41) is 4.42. The summed E-state index contributed by atoms with van der Waals surface area (Å²) in [7, 11) is 0. The van der Waals surface area contributed by atoms with Crippen LogP contribution in [0.5, 0.6) is 0 Å². The third-order valence-electron chi connectivity index (χ3n) is 3.22. The van der Waals surface area contributed by atoms with Crippen LogP contribution in [0.15, 0.2) is 36.4 Å². The highest BCUT2D eigenvalue weighted by Crippen LogP contribution is 2.31. The summed E-state index contributed by atoms with van der Waals surface area (Å²) in [5.74, 6) is 0.559. The number of nitrogens with zero attached hydrogens (tertiary/aromatic N) is 1. The molecule has 21 heavy (non-hydrogen) atoms. The van der Waals surface area contributed by atoms with Crippen molar-refractivity contribution < 1.29 is 0 Å². The van der Waals surface area contributed by atoms with Crippen molar-refractivity contribution in [2.45, 2.75) is 32.2 Å². The second kappa shape index (κ2) is 6.87. The Morgan fingerprint density at radius 3 is 2.38 bits per heavy atom. The van der Waals surface area contributed by atoms with Gasteiger partial charge in [0.05, 0.1) is 10.0 Å². The summed E-state index contributed by atoms with van der Waals surface area (Å²) < 4.78 is 0. The first-order valence-electron chi connectivity index (χ1n) is 6.71. The Bertz CT molecular complexity index is 612. The van der Waals surface area contributed by atoms with Gasteiger partial charge < -0.3 is 5.32 Å². The predicted molar refractivity (Wildman–Crippen MR) is 91.7 cm³/mol. The number of pyridine rings is 1. The molecule has 0 fully saturated rings. The maximum absolute atomic E-state index is 6.16. The lowest BCUT2D eigenvalue weighted by Crippen LogP contribution is -2.32. The fraction of sp³-hybridized carbons (Fsp3) is 0.312. The van der Waals surface area contributed by atoms with E-state index >= 15 is 0 Å². The quantitative estimate of drug-likeness (QED) is 0.687. The number of aromatic nitrogens is 1. The van der Waals surface area contributed by atoms with Gasteiger partial charge in [-0.2, -0.15) is 0 Å². The molecule has 0 atom stereocenters. The highest BCUT2D eigenvalue weighted by atomic mass is 35.5. The third-order valence-corrected chi connectivity index (χ3v) is 4.19. The molecule has 0 saturated heterocycles.